The van der Waals surface area contributed by atoms with Crippen LogP contribution in [0.2, 0.25) is 5.02 Å². The number of sulfonamides is 1. The highest BCUT2D eigenvalue weighted by Gasteiger charge is 2.39. The summed E-state index contributed by atoms with van der Waals surface area (Å²) in [4.78, 5) is 17.5. The second kappa shape index (κ2) is 7.78. The fraction of sp³-hybridized carbons (Fsp3) is 0.300. The van der Waals surface area contributed by atoms with Crippen LogP contribution in [-0.4, -0.2) is 40.8 Å². The molecule has 29 heavy (non-hydrogen) atoms. The summed E-state index contributed by atoms with van der Waals surface area (Å²) in [6, 6.07) is 13.0. The Morgan fingerprint density at radius 3 is 2.66 bits per heavy atom. The molecule has 7 nitrogen and oxygen atoms in total. The van der Waals surface area contributed by atoms with Gasteiger partial charge in [0.25, 0.3) is 0 Å². The van der Waals surface area contributed by atoms with E-state index in [1.165, 1.54) is 28.6 Å². The van der Waals surface area contributed by atoms with E-state index in [0.717, 1.165) is 11.0 Å². The average molecular weight is 433 g/mol. The molecule has 0 bridgehead atoms. The Kier molecular flexibility index (Phi) is 5.33. The van der Waals surface area contributed by atoms with E-state index >= 15 is 0 Å². The number of carbonyl (C=O) groups excluding carboxylic acids is 1. The molecule has 2 aromatic carbocycles. The molecular formula is C20H21ClN4O3S. The molecule has 3 aromatic rings. The van der Waals surface area contributed by atoms with Gasteiger partial charge in [0, 0.05) is 18.6 Å². The molecule has 152 valence electrons. The number of carbonyl (C=O) groups is 1. The molecule has 0 radical (unpaired) electrons. The first-order valence-corrected chi connectivity index (χ1v) is 11.1. The van der Waals surface area contributed by atoms with Crippen LogP contribution in [-0.2, 0) is 28.4 Å². The lowest BCUT2D eigenvalue weighted by molar-refractivity contribution is -0.124. The van der Waals surface area contributed by atoms with Crippen molar-refractivity contribution in [2.45, 2.75) is 30.3 Å². The topological polar surface area (TPSA) is 84.3 Å². The molecular weight excluding hydrogens is 412 g/mol. The third-order valence-corrected chi connectivity index (χ3v) is 7.40. The van der Waals surface area contributed by atoms with Crippen molar-refractivity contribution in [2.24, 2.45) is 7.05 Å². The minimum absolute atomic E-state index is 0.136. The molecule has 1 aliphatic rings. The number of fused-ring (bicyclic) bond motifs is 1. The Morgan fingerprint density at radius 1 is 1.21 bits per heavy atom. The first-order valence-electron chi connectivity index (χ1n) is 9.33. The van der Waals surface area contributed by atoms with Crippen LogP contribution in [0, 0.1) is 0 Å². The number of aryl methyl sites for hydroxylation is 1. The Hall–Kier alpha value is -2.42. The van der Waals surface area contributed by atoms with Crippen molar-refractivity contribution in [1.82, 2.24) is 19.2 Å². The molecule has 1 fully saturated rings. The minimum atomic E-state index is -3.77. The minimum Gasteiger partial charge on any atom is -0.347 e. The van der Waals surface area contributed by atoms with Gasteiger partial charge in [0.2, 0.25) is 15.9 Å². The van der Waals surface area contributed by atoms with Gasteiger partial charge in [0.15, 0.2) is 0 Å². The second-order valence-electron chi connectivity index (χ2n) is 7.02. The van der Waals surface area contributed by atoms with Crippen molar-refractivity contribution >= 4 is 38.6 Å². The van der Waals surface area contributed by atoms with E-state index in [1.807, 2.05) is 35.9 Å². The highest BCUT2D eigenvalue weighted by Crippen LogP contribution is 2.27. The van der Waals surface area contributed by atoms with Crippen molar-refractivity contribution in [2.75, 3.05) is 6.54 Å². The van der Waals surface area contributed by atoms with E-state index in [-0.39, 0.29) is 17.3 Å². The van der Waals surface area contributed by atoms with Gasteiger partial charge in [-0.2, -0.15) is 4.31 Å². The normalized spacial score (nSPS) is 17.7. The molecule has 4 rings (SSSR count). The molecule has 0 spiro atoms. The number of hydrogen-bond acceptors (Lipinski definition) is 4. The fourth-order valence-corrected chi connectivity index (χ4v) is 5.45. The van der Waals surface area contributed by atoms with Crippen LogP contribution in [0.3, 0.4) is 0 Å². The Morgan fingerprint density at radius 2 is 1.93 bits per heavy atom. The Labute approximate surface area is 174 Å². The van der Waals surface area contributed by atoms with Crippen LogP contribution < -0.4 is 5.32 Å². The quantitative estimate of drug-likeness (QED) is 0.671. The molecule has 1 N–H and O–H groups in total. The Bertz CT molecular complexity index is 1160. The van der Waals surface area contributed by atoms with E-state index in [2.05, 4.69) is 10.3 Å². The van der Waals surface area contributed by atoms with E-state index in [0.29, 0.717) is 30.2 Å². The highest BCUT2D eigenvalue weighted by atomic mass is 35.5. The molecule has 0 saturated carbocycles. The first kappa shape index (κ1) is 19.9. The van der Waals surface area contributed by atoms with E-state index in [9.17, 15) is 13.2 Å². The summed E-state index contributed by atoms with van der Waals surface area (Å²) < 4.78 is 29.2. The van der Waals surface area contributed by atoms with Crippen LogP contribution in [0.15, 0.2) is 53.4 Å². The van der Waals surface area contributed by atoms with E-state index < -0.39 is 16.1 Å². The molecule has 0 aliphatic carbocycles. The number of rotatable bonds is 5. The van der Waals surface area contributed by atoms with Crippen LogP contribution in [0.25, 0.3) is 11.0 Å². The smallest absolute Gasteiger partial charge is 0.243 e. The summed E-state index contributed by atoms with van der Waals surface area (Å²) in [5.74, 6) is 0.400. The lowest BCUT2D eigenvalue weighted by Crippen LogP contribution is -2.45. The van der Waals surface area contributed by atoms with Crippen molar-refractivity contribution < 1.29 is 13.2 Å². The number of para-hydroxylation sites is 2. The van der Waals surface area contributed by atoms with E-state index in [1.54, 1.807) is 0 Å². The molecule has 1 aromatic heterocycles. The van der Waals surface area contributed by atoms with Crippen molar-refractivity contribution in [1.29, 1.82) is 0 Å². The Balaban J connectivity index is 1.50. The van der Waals surface area contributed by atoms with Gasteiger partial charge in [0.1, 0.15) is 11.9 Å². The van der Waals surface area contributed by atoms with Crippen LogP contribution in [0.4, 0.5) is 0 Å². The standard InChI is InChI=1S/C20H21ClN4O3S/c1-24-17-6-3-2-5-16(17)23-19(24)13-22-20(26)18-7-4-12-25(18)29(27,28)15-10-8-14(21)9-11-15/h2-3,5-6,8-11,18H,4,7,12-13H2,1H3,(H,22,26)/t18-/m1/s1. The van der Waals surface area contributed by atoms with Crippen molar-refractivity contribution in [3.63, 3.8) is 0 Å². The van der Waals surface area contributed by atoms with E-state index in [4.69, 9.17) is 11.6 Å². The van der Waals surface area contributed by atoms with Gasteiger partial charge in [-0.05, 0) is 49.2 Å². The largest absolute Gasteiger partial charge is 0.347 e. The monoisotopic (exact) mass is 432 g/mol. The summed E-state index contributed by atoms with van der Waals surface area (Å²) >= 11 is 5.86. The molecule has 1 amide bonds. The zero-order valence-corrected chi connectivity index (χ0v) is 17.4. The lowest BCUT2D eigenvalue weighted by atomic mass is 10.2. The molecule has 1 saturated heterocycles. The summed E-state index contributed by atoms with van der Waals surface area (Å²) in [5, 5.41) is 3.32. The summed E-state index contributed by atoms with van der Waals surface area (Å²) in [6.07, 6.45) is 1.12. The van der Waals surface area contributed by atoms with Crippen LogP contribution in [0.1, 0.15) is 18.7 Å². The number of halogens is 1. The van der Waals surface area contributed by atoms with Crippen molar-refractivity contribution in [3.8, 4) is 0 Å². The third-order valence-electron chi connectivity index (χ3n) is 5.23. The lowest BCUT2D eigenvalue weighted by Gasteiger charge is -2.23. The van der Waals surface area contributed by atoms with Crippen molar-refractivity contribution in [3.05, 3.63) is 59.4 Å². The van der Waals surface area contributed by atoms with Gasteiger partial charge in [-0.15, -0.1) is 0 Å². The van der Waals surface area contributed by atoms with Gasteiger partial charge in [-0.1, -0.05) is 23.7 Å². The van der Waals surface area contributed by atoms with Gasteiger partial charge < -0.3 is 9.88 Å². The maximum atomic E-state index is 13.0. The molecule has 1 atom stereocenters. The zero-order valence-electron chi connectivity index (χ0n) is 15.9. The maximum Gasteiger partial charge on any atom is 0.243 e. The predicted octanol–water partition coefficient (Wildman–Crippen LogP) is 2.70. The number of amides is 1. The average Bonchev–Trinajstić information content (AvgIpc) is 3.33. The molecule has 2 heterocycles. The zero-order chi connectivity index (χ0) is 20.6. The fourth-order valence-electron chi connectivity index (χ4n) is 3.67. The van der Waals surface area contributed by atoms with Gasteiger partial charge in [-0.3, -0.25) is 4.79 Å². The van der Waals surface area contributed by atoms with Gasteiger partial charge >= 0.3 is 0 Å². The molecule has 1 aliphatic heterocycles. The summed E-state index contributed by atoms with van der Waals surface area (Å²) in [7, 11) is -1.88. The molecule has 0 unspecified atom stereocenters. The van der Waals surface area contributed by atoms with Gasteiger partial charge in [-0.25, -0.2) is 13.4 Å². The third kappa shape index (κ3) is 3.75. The number of nitrogens with one attached hydrogen (secondary N) is 1. The predicted molar refractivity (Wildman–Crippen MR) is 111 cm³/mol. The number of hydrogen-bond donors (Lipinski definition) is 1. The second-order valence-corrected chi connectivity index (χ2v) is 9.35. The number of aromatic nitrogens is 2. The first-order chi connectivity index (χ1) is 13.9. The number of imidazole rings is 1. The molecule has 9 heteroatoms. The number of benzene rings is 2. The summed E-state index contributed by atoms with van der Waals surface area (Å²) in [6.45, 7) is 0.546. The van der Waals surface area contributed by atoms with Gasteiger partial charge in [0.05, 0.1) is 22.5 Å². The SMILES string of the molecule is Cn1c(CNC(=O)[C@H]2CCCN2S(=O)(=O)c2ccc(Cl)cc2)nc2ccccc21. The summed E-state index contributed by atoms with van der Waals surface area (Å²) in [5.41, 5.74) is 1.83. The highest BCUT2D eigenvalue weighted by molar-refractivity contribution is 7.89. The van der Waals surface area contributed by atoms with Crippen LogP contribution >= 0.6 is 11.6 Å². The van der Waals surface area contributed by atoms with Crippen LogP contribution in [0.5, 0.6) is 0 Å². The maximum absolute atomic E-state index is 13.0. The number of nitrogens with zero attached hydrogens (tertiary/aromatic N) is 3.